The summed E-state index contributed by atoms with van der Waals surface area (Å²) in [5, 5.41) is 5.07. The minimum absolute atomic E-state index is 0.112. The summed E-state index contributed by atoms with van der Waals surface area (Å²) < 4.78 is 23.3. The van der Waals surface area contributed by atoms with Crippen LogP contribution < -0.4 is 5.32 Å². The van der Waals surface area contributed by atoms with Crippen molar-refractivity contribution in [1.29, 1.82) is 0 Å². The van der Waals surface area contributed by atoms with Crippen LogP contribution in [0.5, 0.6) is 0 Å². The van der Waals surface area contributed by atoms with E-state index < -0.39 is 15.7 Å². The standard InChI is InChI=1S/C19H18N2O3S2/c1-3-13-7-9-14(10-8-13)17-12-25-19(20-17)21-18(22)15-5-4-6-16(11-15)26(2,23)24/h4-12H,3H2,1-2H3,(H,20,21,22). The van der Waals surface area contributed by atoms with Crippen LogP contribution in [0.1, 0.15) is 22.8 Å². The van der Waals surface area contributed by atoms with Gasteiger partial charge in [-0.25, -0.2) is 13.4 Å². The Labute approximate surface area is 156 Å². The zero-order chi connectivity index (χ0) is 18.7. The fourth-order valence-electron chi connectivity index (χ4n) is 2.41. The molecule has 0 bridgehead atoms. The second kappa shape index (κ2) is 7.39. The largest absolute Gasteiger partial charge is 0.298 e. The fraction of sp³-hybridized carbons (Fsp3) is 0.158. The van der Waals surface area contributed by atoms with Gasteiger partial charge in [-0.1, -0.05) is 37.3 Å². The number of sulfone groups is 1. The van der Waals surface area contributed by atoms with Gasteiger partial charge < -0.3 is 0 Å². The van der Waals surface area contributed by atoms with Gasteiger partial charge in [0.1, 0.15) is 0 Å². The molecule has 0 atom stereocenters. The first-order valence-corrected chi connectivity index (χ1v) is 10.8. The molecule has 5 nitrogen and oxygen atoms in total. The lowest BCUT2D eigenvalue weighted by molar-refractivity contribution is 0.102. The van der Waals surface area contributed by atoms with Crippen LogP contribution in [0.3, 0.4) is 0 Å². The van der Waals surface area contributed by atoms with Crippen LogP contribution in [0.2, 0.25) is 0 Å². The van der Waals surface area contributed by atoms with E-state index in [9.17, 15) is 13.2 Å². The maximum atomic E-state index is 12.4. The summed E-state index contributed by atoms with van der Waals surface area (Å²) in [5.41, 5.74) is 3.30. The van der Waals surface area contributed by atoms with Gasteiger partial charge in [0.05, 0.1) is 10.6 Å². The van der Waals surface area contributed by atoms with Crippen molar-refractivity contribution in [2.24, 2.45) is 0 Å². The Hall–Kier alpha value is -2.51. The molecule has 26 heavy (non-hydrogen) atoms. The minimum atomic E-state index is -3.36. The Kier molecular flexibility index (Phi) is 5.20. The van der Waals surface area contributed by atoms with E-state index in [-0.39, 0.29) is 10.5 Å². The summed E-state index contributed by atoms with van der Waals surface area (Å²) in [6.45, 7) is 2.10. The lowest BCUT2D eigenvalue weighted by Crippen LogP contribution is -2.12. The van der Waals surface area contributed by atoms with Crippen LogP contribution in [0.25, 0.3) is 11.3 Å². The first-order valence-electron chi connectivity index (χ1n) is 8.03. The van der Waals surface area contributed by atoms with Gasteiger partial charge in [0.25, 0.3) is 5.91 Å². The first-order chi connectivity index (χ1) is 12.4. The molecule has 1 amide bonds. The van der Waals surface area contributed by atoms with E-state index in [0.29, 0.717) is 5.13 Å². The lowest BCUT2D eigenvalue weighted by Gasteiger charge is -2.04. The molecule has 0 aliphatic heterocycles. The van der Waals surface area contributed by atoms with E-state index in [4.69, 9.17) is 0 Å². The van der Waals surface area contributed by atoms with Crippen molar-refractivity contribution in [3.63, 3.8) is 0 Å². The average molecular weight is 386 g/mol. The number of hydrogen-bond donors (Lipinski definition) is 1. The summed E-state index contributed by atoms with van der Waals surface area (Å²) in [6.07, 6.45) is 2.09. The quantitative estimate of drug-likeness (QED) is 0.718. The van der Waals surface area contributed by atoms with Gasteiger partial charge in [-0.2, -0.15) is 0 Å². The summed E-state index contributed by atoms with van der Waals surface area (Å²) in [7, 11) is -3.36. The van der Waals surface area contributed by atoms with Gasteiger partial charge in [-0.05, 0) is 30.2 Å². The van der Waals surface area contributed by atoms with Crippen LogP contribution in [0.4, 0.5) is 5.13 Å². The molecule has 1 aromatic heterocycles. The van der Waals surface area contributed by atoms with E-state index in [0.717, 1.165) is 23.9 Å². The number of carbonyl (C=O) groups excluding carboxylic acids is 1. The molecule has 0 aliphatic rings. The van der Waals surface area contributed by atoms with Crippen molar-refractivity contribution >= 4 is 32.2 Å². The predicted molar refractivity (Wildman–Crippen MR) is 104 cm³/mol. The number of benzene rings is 2. The van der Waals surface area contributed by atoms with E-state index in [1.165, 1.54) is 29.0 Å². The number of nitrogens with one attached hydrogen (secondary N) is 1. The first kappa shape index (κ1) is 18.3. The number of nitrogens with zero attached hydrogens (tertiary/aromatic N) is 1. The molecule has 1 N–H and O–H groups in total. The Morgan fingerprint density at radius 3 is 2.54 bits per heavy atom. The van der Waals surface area contributed by atoms with Crippen LogP contribution >= 0.6 is 11.3 Å². The molecular formula is C19H18N2O3S2. The zero-order valence-corrected chi connectivity index (χ0v) is 16.0. The summed E-state index contributed by atoms with van der Waals surface area (Å²) in [6, 6.07) is 14.1. The maximum absolute atomic E-state index is 12.4. The normalized spacial score (nSPS) is 11.3. The third-order valence-corrected chi connectivity index (χ3v) is 5.77. The molecule has 1 heterocycles. The predicted octanol–water partition coefficient (Wildman–Crippen LogP) is 4.03. The summed E-state index contributed by atoms with van der Waals surface area (Å²) in [5.74, 6) is -0.391. The topological polar surface area (TPSA) is 76.1 Å². The average Bonchev–Trinajstić information content (AvgIpc) is 3.09. The van der Waals surface area contributed by atoms with Gasteiger partial charge in [0.15, 0.2) is 15.0 Å². The molecule has 0 fully saturated rings. The minimum Gasteiger partial charge on any atom is -0.298 e. The second-order valence-electron chi connectivity index (χ2n) is 5.84. The molecule has 2 aromatic carbocycles. The van der Waals surface area contributed by atoms with Gasteiger partial charge in [0.2, 0.25) is 0 Å². The molecular weight excluding hydrogens is 368 g/mol. The van der Waals surface area contributed by atoms with Gasteiger partial charge >= 0.3 is 0 Å². The monoisotopic (exact) mass is 386 g/mol. The van der Waals surface area contributed by atoms with E-state index in [2.05, 4.69) is 29.4 Å². The highest BCUT2D eigenvalue weighted by Gasteiger charge is 2.13. The molecule has 0 radical (unpaired) electrons. The highest BCUT2D eigenvalue weighted by Crippen LogP contribution is 2.25. The van der Waals surface area contributed by atoms with Crippen molar-refractivity contribution in [2.75, 3.05) is 11.6 Å². The van der Waals surface area contributed by atoms with Gasteiger partial charge in [-0.3, -0.25) is 10.1 Å². The van der Waals surface area contributed by atoms with Crippen molar-refractivity contribution in [3.8, 4) is 11.3 Å². The number of hydrogen-bond acceptors (Lipinski definition) is 5. The number of amides is 1. The number of thiazole rings is 1. The third kappa shape index (κ3) is 4.17. The summed E-state index contributed by atoms with van der Waals surface area (Å²) >= 11 is 1.33. The number of aromatic nitrogens is 1. The molecule has 3 aromatic rings. The number of aryl methyl sites for hydroxylation is 1. The third-order valence-electron chi connectivity index (χ3n) is 3.91. The number of anilines is 1. The number of carbonyl (C=O) groups is 1. The van der Waals surface area contributed by atoms with E-state index in [1.807, 2.05) is 17.5 Å². The molecule has 0 unspecified atom stereocenters. The molecule has 134 valence electrons. The van der Waals surface area contributed by atoms with Crippen molar-refractivity contribution in [1.82, 2.24) is 4.98 Å². The Morgan fingerprint density at radius 1 is 1.15 bits per heavy atom. The maximum Gasteiger partial charge on any atom is 0.257 e. The SMILES string of the molecule is CCc1ccc(-c2csc(NC(=O)c3cccc(S(C)(=O)=O)c3)n2)cc1. The molecule has 0 aliphatic carbocycles. The van der Waals surface area contributed by atoms with Crippen LogP contribution in [0, 0.1) is 0 Å². The zero-order valence-electron chi connectivity index (χ0n) is 14.4. The highest BCUT2D eigenvalue weighted by molar-refractivity contribution is 7.90. The molecule has 0 spiro atoms. The van der Waals surface area contributed by atoms with Gasteiger partial charge in [-0.15, -0.1) is 11.3 Å². The van der Waals surface area contributed by atoms with E-state index in [1.54, 1.807) is 12.1 Å². The number of rotatable bonds is 5. The molecule has 7 heteroatoms. The summed E-state index contributed by atoms with van der Waals surface area (Å²) in [4.78, 5) is 16.9. The van der Waals surface area contributed by atoms with Crippen LogP contribution in [0.15, 0.2) is 58.8 Å². The van der Waals surface area contributed by atoms with Crippen LogP contribution in [-0.2, 0) is 16.3 Å². The van der Waals surface area contributed by atoms with Crippen molar-refractivity contribution in [2.45, 2.75) is 18.2 Å². The van der Waals surface area contributed by atoms with Crippen LogP contribution in [-0.4, -0.2) is 25.6 Å². The Bertz CT molecular complexity index is 1040. The molecule has 3 rings (SSSR count). The fourth-order valence-corrected chi connectivity index (χ4v) is 3.79. The highest BCUT2D eigenvalue weighted by atomic mass is 32.2. The van der Waals surface area contributed by atoms with Crippen molar-refractivity contribution < 1.29 is 13.2 Å². The Balaban J connectivity index is 1.77. The molecule has 0 saturated carbocycles. The second-order valence-corrected chi connectivity index (χ2v) is 8.72. The Morgan fingerprint density at radius 2 is 1.88 bits per heavy atom. The van der Waals surface area contributed by atoms with E-state index >= 15 is 0 Å². The van der Waals surface area contributed by atoms with Crippen molar-refractivity contribution in [3.05, 3.63) is 65.0 Å². The molecule has 0 saturated heterocycles. The lowest BCUT2D eigenvalue weighted by atomic mass is 10.1. The smallest absolute Gasteiger partial charge is 0.257 e. The van der Waals surface area contributed by atoms with Gasteiger partial charge in [0, 0.05) is 22.8 Å².